The van der Waals surface area contributed by atoms with E-state index in [-0.39, 0.29) is 12.0 Å². The van der Waals surface area contributed by atoms with Gasteiger partial charge in [-0.25, -0.2) is 4.98 Å². The maximum absolute atomic E-state index is 10.4. The zero-order valence-electron chi connectivity index (χ0n) is 9.86. The number of nitrogens with zero attached hydrogens (tertiary/aromatic N) is 1. The van der Waals surface area contributed by atoms with Crippen LogP contribution in [0, 0.1) is 0 Å². The first kappa shape index (κ1) is 12.5. The van der Waals surface area contributed by atoms with Crippen LogP contribution in [0.15, 0.2) is 18.2 Å². The Morgan fingerprint density at radius 3 is 2.69 bits per heavy atom. The summed E-state index contributed by atoms with van der Waals surface area (Å²) in [7, 11) is 0. The molecule has 4 heteroatoms. The normalized spacial score (nSPS) is 11.2. The number of pyridine rings is 1. The van der Waals surface area contributed by atoms with Gasteiger partial charge in [-0.05, 0) is 26.8 Å². The molecular formula is C12H17NO3. The van der Waals surface area contributed by atoms with Crippen molar-refractivity contribution in [3.8, 4) is 5.88 Å². The molecule has 4 nitrogen and oxygen atoms in total. The Morgan fingerprint density at radius 1 is 1.44 bits per heavy atom. The predicted octanol–water partition coefficient (Wildman–Crippen LogP) is 2.28. The highest BCUT2D eigenvalue weighted by atomic mass is 16.5. The standard InChI is InChI=1S/C12H17NO3/c1-12(2,3)16-10-6-4-5-9(13-10)7-8-11(14)15/h4-6H,7-8H2,1-3H3,(H,14,15). The van der Waals surface area contributed by atoms with E-state index in [1.807, 2.05) is 26.8 Å². The molecular weight excluding hydrogens is 206 g/mol. The summed E-state index contributed by atoms with van der Waals surface area (Å²) < 4.78 is 5.59. The molecule has 0 bridgehead atoms. The van der Waals surface area contributed by atoms with Crippen molar-refractivity contribution in [1.29, 1.82) is 0 Å². The molecule has 0 fully saturated rings. The van der Waals surface area contributed by atoms with Crippen LogP contribution in [-0.4, -0.2) is 21.7 Å². The lowest BCUT2D eigenvalue weighted by Crippen LogP contribution is -2.23. The molecule has 0 aromatic carbocycles. The van der Waals surface area contributed by atoms with Crippen LogP contribution in [0.1, 0.15) is 32.9 Å². The van der Waals surface area contributed by atoms with Crippen LogP contribution >= 0.6 is 0 Å². The highest BCUT2D eigenvalue weighted by Gasteiger charge is 2.12. The van der Waals surface area contributed by atoms with Gasteiger partial charge in [0.25, 0.3) is 0 Å². The number of hydrogen-bond donors (Lipinski definition) is 1. The monoisotopic (exact) mass is 223 g/mol. The molecule has 88 valence electrons. The van der Waals surface area contributed by atoms with Gasteiger partial charge in [-0.3, -0.25) is 4.79 Å². The highest BCUT2D eigenvalue weighted by Crippen LogP contribution is 2.15. The number of aryl methyl sites for hydroxylation is 1. The second kappa shape index (κ2) is 4.96. The summed E-state index contributed by atoms with van der Waals surface area (Å²) in [6, 6.07) is 5.40. The first-order chi connectivity index (χ1) is 7.37. The summed E-state index contributed by atoms with van der Waals surface area (Å²) in [6.45, 7) is 5.83. The topological polar surface area (TPSA) is 59.4 Å². The lowest BCUT2D eigenvalue weighted by Gasteiger charge is -2.20. The Morgan fingerprint density at radius 2 is 2.12 bits per heavy atom. The van der Waals surface area contributed by atoms with Crippen molar-refractivity contribution in [2.24, 2.45) is 0 Å². The molecule has 1 aromatic heterocycles. The second-order valence-corrected chi connectivity index (χ2v) is 4.58. The highest BCUT2D eigenvalue weighted by molar-refractivity contribution is 5.66. The minimum Gasteiger partial charge on any atom is -0.481 e. The van der Waals surface area contributed by atoms with Gasteiger partial charge in [-0.1, -0.05) is 6.07 Å². The number of ether oxygens (including phenoxy) is 1. The molecule has 0 atom stereocenters. The SMILES string of the molecule is CC(C)(C)Oc1cccc(CCC(=O)O)n1. The fourth-order valence-corrected chi connectivity index (χ4v) is 1.20. The third-order valence-corrected chi connectivity index (χ3v) is 1.79. The van der Waals surface area contributed by atoms with Gasteiger partial charge in [0.1, 0.15) is 5.60 Å². The van der Waals surface area contributed by atoms with Crippen molar-refractivity contribution < 1.29 is 14.6 Å². The summed E-state index contributed by atoms with van der Waals surface area (Å²) in [4.78, 5) is 14.7. The molecule has 16 heavy (non-hydrogen) atoms. The lowest BCUT2D eigenvalue weighted by atomic mass is 10.2. The van der Waals surface area contributed by atoms with E-state index in [0.29, 0.717) is 12.3 Å². The summed E-state index contributed by atoms with van der Waals surface area (Å²) in [6.07, 6.45) is 0.517. The van der Waals surface area contributed by atoms with Crippen molar-refractivity contribution in [2.75, 3.05) is 0 Å². The molecule has 0 unspecified atom stereocenters. The first-order valence-corrected chi connectivity index (χ1v) is 5.23. The van der Waals surface area contributed by atoms with E-state index in [2.05, 4.69) is 4.98 Å². The second-order valence-electron chi connectivity index (χ2n) is 4.58. The number of carboxylic acids is 1. The van der Waals surface area contributed by atoms with Gasteiger partial charge in [0, 0.05) is 18.2 Å². The van der Waals surface area contributed by atoms with Gasteiger partial charge in [0.05, 0.1) is 6.42 Å². The first-order valence-electron chi connectivity index (χ1n) is 5.23. The minimum absolute atomic E-state index is 0.0893. The Kier molecular flexibility index (Phi) is 3.88. The maximum Gasteiger partial charge on any atom is 0.303 e. The van der Waals surface area contributed by atoms with Crippen LogP contribution in [0.4, 0.5) is 0 Å². The van der Waals surface area contributed by atoms with E-state index in [9.17, 15) is 4.79 Å². The average Bonchev–Trinajstić information content (AvgIpc) is 2.12. The molecule has 0 saturated carbocycles. The number of carbonyl (C=O) groups is 1. The third-order valence-electron chi connectivity index (χ3n) is 1.79. The Hall–Kier alpha value is -1.58. The van der Waals surface area contributed by atoms with E-state index in [1.165, 1.54) is 0 Å². The van der Waals surface area contributed by atoms with Gasteiger partial charge >= 0.3 is 5.97 Å². The van der Waals surface area contributed by atoms with Crippen LogP contribution < -0.4 is 4.74 Å². The molecule has 1 aromatic rings. The van der Waals surface area contributed by atoms with E-state index in [0.717, 1.165) is 5.69 Å². The maximum atomic E-state index is 10.4. The van der Waals surface area contributed by atoms with E-state index in [1.54, 1.807) is 12.1 Å². The number of aromatic nitrogens is 1. The van der Waals surface area contributed by atoms with Gasteiger partial charge in [-0.15, -0.1) is 0 Å². The number of carboxylic acid groups (broad SMARTS) is 1. The Balaban J connectivity index is 2.67. The smallest absolute Gasteiger partial charge is 0.303 e. The van der Waals surface area contributed by atoms with E-state index >= 15 is 0 Å². The van der Waals surface area contributed by atoms with Crippen molar-refractivity contribution in [3.05, 3.63) is 23.9 Å². The molecule has 0 aliphatic rings. The molecule has 0 saturated heterocycles. The molecule has 1 rings (SSSR count). The average molecular weight is 223 g/mol. The van der Waals surface area contributed by atoms with Gasteiger partial charge in [-0.2, -0.15) is 0 Å². The molecule has 0 aliphatic heterocycles. The van der Waals surface area contributed by atoms with Crippen molar-refractivity contribution in [1.82, 2.24) is 4.98 Å². The van der Waals surface area contributed by atoms with Gasteiger partial charge in [0.15, 0.2) is 0 Å². The molecule has 1 N–H and O–H groups in total. The lowest BCUT2D eigenvalue weighted by molar-refractivity contribution is -0.136. The summed E-state index contributed by atoms with van der Waals surface area (Å²) in [5.74, 6) is -0.278. The molecule has 0 radical (unpaired) electrons. The Labute approximate surface area is 95.3 Å². The molecule has 0 spiro atoms. The molecule has 0 aliphatic carbocycles. The summed E-state index contributed by atoms with van der Waals surface area (Å²) in [5.41, 5.74) is 0.447. The van der Waals surface area contributed by atoms with Gasteiger partial charge in [0.2, 0.25) is 5.88 Å². The zero-order valence-corrected chi connectivity index (χ0v) is 9.86. The predicted molar refractivity (Wildman–Crippen MR) is 60.6 cm³/mol. The minimum atomic E-state index is -0.816. The third kappa shape index (κ3) is 4.77. The summed E-state index contributed by atoms with van der Waals surface area (Å²) in [5, 5.41) is 8.57. The van der Waals surface area contributed by atoms with Crippen LogP contribution in [0.3, 0.4) is 0 Å². The number of rotatable bonds is 4. The fraction of sp³-hybridized carbons (Fsp3) is 0.500. The molecule has 1 heterocycles. The van der Waals surface area contributed by atoms with Crippen LogP contribution in [-0.2, 0) is 11.2 Å². The largest absolute Gasteiger partial charge is 0.481 e. The number of aliphatic carboxylic acids is 1. The fourth-order valence-electron chi connectivity index (χ4n) is 1.20. The van der Waals surface area contributed by atoms with Crippen molar-refractivity contribution in [3.63, 3.8) is 0 Å². The quantitative estimate of drug-likeness (QED) is 0.850. The van der Waals surface area contributed by atoms with Crippen LogP contribution in [0.25, 0.3) is 0 Å². The Bertz CT molecular complexity index is 369. The van der Waals surface area contributed by atoms with E-state index in [4.69, 9.17) is 9.84 Å². The molecule has 0 amide bonds. The van der Waals surface area contributed by atoms with Crippen molar-refractivity contribution in [2.45, 2.75) is 39.2 Å². The van der Waals surface area contributed by atoms with Crippen molar-refractivity contribution >= 4 is 5.97 Å². The van der Waals surface area contributed by atoms with E-state index < -0.39 is 5.97 Å². The zero-order chi connectivity index (χ0) is 12.2. The van der Waals surface area contributed by atoms with Gasteiger partial charge < -0.3 is 9.84 Å². The van der Waals surface area contributed by atoms with Crippen LogP contribution in [0.2, 0.25) is 0 Å². The summed E-state index contributed by atoms with van der Waals surface area (Å²) >= 11 is 0. The number of hydrogen-bond acceptors (Lipinski definition) is 3. The van der Waals surface area contributed by atoms with Crippen LogP contribution in [0.5, 0.6) is 5.88 Å².